The van der Waals surface area contributed by atoms with Gasteiger partial charge in [-0.15, -0.1) is 0 Å². The number of carbonyl (C=O) groups excluding carboxylic acids is 2. The summed E-state index contributed by atoms with van der Waals surface area (Å²) in [5.74, 6) is -1.92. The van der Waals surface area contributed by atoms with E-state index < -0.39 is 23.8 Å². The van der Waals surface area contributed by atoms with E-state index in [1.807, 2.05) is 6.07 Å². The fourth-order valence-electron chi connectivity index (χ4n) is 1.88. The van der Waals surface area contributed by atoms with Crippen molar-refractivity contribution < 1.29 is 14.7 Å². The minimum atomic E-state index is -1.03. The normalized spacial score (nSPS) is 23.3. The largest absolute Gasteiger partial charge is 0.392 e. The fourth-order valence-corrected chi connectivity index (χ4v) is 1.88. The van der Waals surface area contributed by atoms with Gasteiger partial charge in [-0.25, -0.2) is 0 Å². The number of aliphatic hydroxyl groups excluding tert-OH is 1. The number of pyridine rings is 1. The van der Waals surface area contributed by atoms with Crippen molar-refractivity contribution in [3.05, 3.63) is 30.1 Å². The number of nitrogens with zero attached hydrogens (tertiary/aromatic N) is 1. The molecule has 0 aromatic carbocycles. The summed E-state index contributed by atoms with van der Waals surface area (Å²) in [6.45, 7) is 0.653. The maximum atomic E-state index is 11.8. The molecule has 0 spiro atoms. The van der Waals surface area contributed by atoms with Crippen molar-refractivity contribution in [1.29, 1.82) is 0 Å². The summed E-state index contributed by atoms with van der Waals surface area (Å²) in [5.41, 5.74) is 0.705. The lowest BCUT2D eigenvalue weighted by atomic mass is 9.94. The van der Waals surface area contributed by atoms with E-state index in [1.54, 1.807) is 18.3 Å². The average Bonchev–Trinajstić information content (AvgIpc) is 2.37. The van der Waals surface area contributed by atoms with Gasteiger partial charge in [-0.3, -0.25) is 14.6 Å². The van der Waals surface area contributed by atoms with Crippen molar-refractivity contribution >= 4 is 11.8 Å². The number of hydrogen-bond acceptors (Lipinski definition) is 4. The predicted molar refractivity (Wildman–Crippen MR) is 63.2 cm³/mol. The van der Waals surface area contributed by atoms with Gasteiger partial charge in [-0.05, 0) is 18.6 Å². The average molecular weight is 249 g/mol. The van der Waals surface area contributed by atoms with Crippen molar-refractivity contribution in [2.75, 3.05) is 6.54 Å². The smallest absolute Gasteiger partial charge is 0.235 e. The van der Waals surface area contributed by atoms with Gasteiger partial charge < -0.3 is 15.7 Å². The van der Waals surface area contributed by atoms with Crippen molar-refractivity contribution in [3.8, 4) is 0 Å². The molecule has 3 N–H and O–H groups in total. The van der Waals surface area contributed by atoms with E-state index in [4.69, 9.17) is 0 Å². The predicted octanol–water partition coefficient (Wildman–Crippen LogP) is -0.805. The molecule has 1 aromatic heterocycles. The van der Waals surface area contributed by atoms with E-state index in [1.165, 1.54) is 0 Å². The molecule has 0 radical (unpaired) electrons. The lowest BCUT2D eigenvalue weighted by Crippen LogP contribution is -2.51. The van der Waals surface area contributed by atoms with Crippen LogP contribution in [0.1, 0.15) is 12.1 Å². The Morgan fingerprint density at radius 1 is 1.56 bits per heavy atom. The molecule has 1 aliphatic heterocycles. The molecule has 1 aromatic rings. The number of nitrogens with one attached hydrogen (secondary N) is 2. The highest BCUT2D eigenvalue weighted by molar-refractivity contribution is 6.01. The first-order chi connectivity index (χ1) is 8.68. The van der Waals surface area contributed by atoms with Gasteiger partial charge in [0, 0.05) is 12.7 Å². The number of aliphatic hydroxyl groups is 1. The van der Waals surface area contributed by atoms with Gasteiger partial charge in [0.25, 0.3) is 0 Å². The minimum Gasteiger partial charge on any atom is -0.392 e. The van der Waals surface area contributed by atoms with Gasteiger partial charge in [-0.2, -0.15) is 0 Å². The highest BCUT2D eigenvalue weighted by Crippen LogP contribution is 2.12. The highest BCUT2D eigenvalue weighted by Gasteiger charge is 2.36. The molecule has 2 heterocycles. The van der Waals surface area contributed by atoms with Gasteiger partial charge in [-0.1, -0.05) is 6.07 Å². The second-order valence-corrected chi connectivity index (χ2v) is 4.16. The molecule has 0 bridgehead atoms. The molecule has 2 rings (SSSR count). The molecule has 0 aliphatic carbocycles. The van der Waals surface area contributed by atoms with Gasteiger partial charge in [0.1, 0.15) is 5.92 Å². The van der Waals surface area contributed by atoms with Crippen LogP contribution >= 0.6 is 0 Å². The van der Waals surface area contributed by atoms with Gasteiger partial charge in [0.05, 0.1) is 18.3 Å². The fraction of sp³-hybridized carbons (Fsp3) is 0.417. The lowest BCUT2D eigenvalue weighted by Gasteiger charge is -2.26. The Morgan fingerprint density at radius 2 is 2.39 bits per heavy atom. The van der Waals surface area contributed by atoms with Gasteiger partial charge in [0.2, 0.25) is 11.8 Å². The van der Waals surface area contributed by atoms with Crippen LogP contribution in [0.4, 0.5) is 0 Å². The Kier molecular flexibility index (Phi) is 3.88. The first-order valence-corrected chi connectivity index (χ1v) is 5.82. The van der Waals surface area contributed by atoms with Crippen LogP contribution < -0.4 is 10.6 Å². The Hall–Kier alpha value is -1.95. The van der Waals surface area contributed by atoms with E-state index >= 15 is 0 Å². The van der Waals surface area contributed by atoms with E-state index in [-0.39, 0.29) is 6.54 Å². The topological polar surface area (TPSA) is 91.3 Å². The summed E-state index contributed by atoms with van der Waals surface area (Å²) < 4.78 is 0. The molecule has 2 amide bonds. The van der Waals surface area contributed by atoms with Crippen molar-refractivity contribution in [2.24, 2.45) is 5.92 Å². The Morgan fingerprint density at radius 3 is 3.06 bits per heavy atom. The number of piperidine rings is 1. The zero-order valence-electron chi connectivity index (χ0n) is 9.80. The van der Waals surface area contributed by atoms with Gasteiger partial charge in [0.15, 0.2) is 0 Å². The monoisotopic (exact) mass is 249 g/mol. The molecule has 1 fully saturated rings. The Bertz CT molecular complexity index is 435. The first kappa shape index (κ1) is 12.5. The quantitative estimate of drug-likeness (QED) is 0.611. The summed E-state index contributed by atoms with van der Waals surface area (Å²) in [4.78, 5) is 27.4. The molecule has 2 atom stereocenters. The Labute approximate surface area is 104 Å². The van der Waals surface area contributed by atoms with Crippen molar-refractivity contribution in [2.45, 2.75) is 19.1 Å². The van der Waals surface area contributed by atoms with Crippen LogP contribution in [0.5, 0.6) is 0 Å². The van der Waals surface area contributed by atoms with E-state index in [9.17, 15) is 14.7 Å². The zero-order valence-corrected chi connectivity index (χ0v) is 9.80. The van der Waals surface area contributed by atoms with Crippen LogP contribution in [0.2, 0.25) is 0 Å². The minimum absolute atomic E-state index is 0.246. The number of hydrogen-bond donors (Lipinski definition) is 3. The van der Waals surface area contributed by atoms with Crippen LogP contribution in [0.25, 0.3) is 0 Å². The van der Waals surface area contributed by atoms with E-state index in [0.717, 1.165) is 0 Å². The highest BCUT2D eigenvalue weighted by atomic mass is 16.3. The summed E-state index contributed by atoms with van der Waals surface area (Å²) in [6, 6.07) is 5.37. The lowest BCUT2D eigenvalue weighted by molar-refractivity contribution is -0.142. The van der Waals surface area contributed by atoms with Gasteiger partial charge >= 0.3 is 0 Å². The third-order valence-electron chi connectivity index (χ3n) is 2.86. The third kappa shape index (κ3) is 2.84. The summed E-state index contributed by atoms with van der Waals surface area (Å²) in [5, 5.41) is 14.8. The van der Waals surface area contributed by atoms with Crippen LogP contribution in [0.15, 0.2) is 24.4 Å². The summed E-state index contributed by atoms with van der Waals surface area (Å²) >= 11 is 0. The number of aromatic nitrogens is 1. The molecule has 2 unspecified atom stereocenters. The maximum absolute atomic E-state index is 11.8. The maximum Gasteiger partial charge on any atom is 0.235 e. The van der Waals surface area contributed by atoms with Crippen LogP contribution in [0, 0.1) is 5.92 Å². The molecule has 1 aliphatic rings. The molecule has 6 nitrogen and oxygen atoms in total. The first-order valence-electron chi connectivity index (χ1n) is 5.82. The molecular weight excluding hydrogens is 234 g/mol. The van der Waals surface area contributed by atoms with Crippen LogP contribution in [-0.2, 0) is 16.1 Å². The number of amides is 2. The molecule has 18 heavy (non-hydrogen) atoms. The third-order valence-corrected chi connectivity index (χ3v) is 2.86. The van der Waals surface area contributed by atoms with Crippen LogP contribution in [0.3, 0.4) is 0 Å². The molecule has 96 valence electrons. The summed E-state index contributed by atoms with van der Waals surface area (Å²) in [6.07, 6.45) is 1.11. The summed E-state index contributed by atoms with van der Waals surface area (Å²) in [7, 11) is 0. The second kappa shape index (κ2) is 5.59. The number of carbonyl (C=O) groups is 2. The molecular formula is C12H15N3O3. The zero-order chi connectivity index (χ0) is 13.0. The molecule has 6 heteroatoms. The van der Waals surface area contributed by atoms with Crippen LogP contribution in [-0.4, -0.2) is 34.6 Å². The standard InChI is InChI=1S/C12H15N3O3/c16-9-4-6-14-11(17)10(9)12(18)15-7-8-3-1-2-5-13-8/h1-3,5,9-10,16H,4,6-7H2,(H,14,17)(H,15,18). The SMILES string of the molecule is O=C1NCCC(O)C1C(=O)NCc1ccccn1. The van der Waals surface area contributed by atoms with Crippen molar-refractivity contribution in [3.63, 3.8) is 0 Å². The van der Waals surface area contributed by atoms with E-state index in [2.05, 4.69) is 15.6 Å². The second-order valence-electron chi connectivity index (χ2n) is 4.16. The molecule has 0 saturated carbocycles. The van der Waals surface area contributed by atoms with Crippen molar-refractivity contribution in [1.82, 2.24) is 15.6 Å². The number of rotatable bonds is 3. The molecule has 1 saturated heterocycles. The van der Waals surface area contributed by atoms with E-state index in [0.29, 0.717) is 18.7 Å². The Balaban J connectivity index is 1.93.